The summed E-state index contributed by atoms with van der Waals surface area (Å²) in [5.41, 5.74) is 1.85. The standard InChI is InChI=1S/C18H20F2N4O.HI/c1-12-8-13(6-7-16(12)20)10-22-18(21-2)23-11-17(25)24-15-5-3-4-14(19)9-15;/h3-9H,10-11H2,1-2H3,(H,24,25)(H2,21,22,23);1H. The van der Waals surface area contributed by atoms with E-state index in [4.69, 9.17) is 0 Å². The highest BCUT2D eigenvalue weighted by molar-refractivity contribution is 14.0. The molecule has 0 saturated carbocycles. The van der Waals surface area contributed by atoms with Crippen molar-refractivity contribution in [2.24, 2.45) is 4.99 Å². The molecule has 0 aromatic heterocycles. The fourth-order valence-corrected chi connectivity index (χ4v) is 2.16. The lowest BCUT2D eigenvalue weighted by Gasteiger charge is -2.12. The molecule has 0 spiro atoms. The van der Waals surface area contributed by atoms with Crippen LogP contribution in [0.4, 0.5) is 14.5 Å². The zero-order chi connectivity index (χ0) is 18.2. The van der Waals surface area contributed by atoms with E-state index in [9.17, 15) is 13.6 Å². The number of anilines is 1. The first-order chi connectivity index (χ1) is 12.0. The quantitative estimate of drug-likeness (QED) is 0.355. The van der Waals surface area contributed by atoms with Gasteiger partial charge in [0.05, 0.1) is 6.54 Å². The molecule has 0 saturated heterocycles. The first kappa shape index (κ1) is 21.8. The molecule has 140 valence electrons. The van der Waals surface area contributed by atoms with Crippen molar-refractivity contribution in [1.29, 1.82) is 0 Å². The number of nitrogens with zero attached hydrogens (tertiary/aromatic N) is 1. The molecule has 5 nitrogen and oxygen atoms in total. The Balaban J connectivity index is 0.00000338. The van der Waals surface area contributed by atoms with Crippen LogP contribution in [0.15, 0.2) is 47.5 Å². The number of aliphatic imine (C=N–C) groups is 1. The van der Waals surface area contributed by atoms with Gasteiger partial charge in [0.1, 0.15) is 11.6 Å². The number of rotatable bonds is 5. The van der Waals surface area contributed by atoms with E-state index < -0.39 is 5.82 Å². The van der Waals surface area contributed by atoms with Gasteiger partial charge in [-0.2, -0.15) is 0 Å². The lowest BCUT2D eigenvalue weighted by atomic mass is 10.1. The number of nitrogens with one attached hydrogen (secondary N) is 3. The van der Waals surface area contributed by atoms with E-state index in [1.54, 1.807) is 32.2 Å². The van der Waals surface area contributed by atoms with Crippen molar-refractivity contribution in [3.63, 3.8) is 0 Å². The molecule has 0 radical (unpaired) electrons. The third-order valence-corrected chi connectivity index (χ3v) is 3.43. The normalized spacial score (nSPS) is 10.7. The Kier molecular flexibility index (Phi) is 8.97. The van der Waals surface area contributed by atoms with E-state index in [1.807, 2.05) is 0 Å². The van der Waals surface area contributed by atoms with Gasteiger partial charge in [0.15, 0.2) is 5.96 Å². The summed E-state index contributed by atoms with van der Waals surface area (Å²) in [5, 5.41) is 8.48. The van der Waals surface area contributed by atoms with Gasteiger partial charge in [0.2, 0.25) is 5.91 Å². The van der Waals surface area contributed by atoms with Crippen molar-refractivity contribution in [1.82, 2.24) is 10.6 Å². The molecule has 26 heavy (non-hydrogen) atoms. The average Bonchev–Trinajstić information content (AvgIpc) is 2.58. The van der Waals surface area contributed by atoms with E-state index in [-0.39, 0.29) is 42.2 Å². The van der Waals surface area contributed by atoms with Gasteiger partial charge in [-0.05, 0) is 42.3 Å². The van der Waals surface area contributed by atoms with E-state index >= 15 is 0 Å². The number of hydrogen-bond donors (Lipinski definition) is 3. The molecule has 8 heteroatoms. The molecule has 0 unspecified atom stereocenters. The number of halogens is 3. The monoisotopic (exact) mass is 474 g/mol. The maximum atomic E-state index is 13.3. The van der Waals surface area contributed by atoms with Gasteiger partial charge in [-0.3, -0.25) is 9.79 Å². The zero-order valence-electron chi connectivity index (χ0n) is 14.5. The summed E-state index contributed by atoms with van der Waals surface area (Å²) >= 11 is 0. The number of carbonyl (C=O) groups is 1. The Morgan fingerprint density at radius 2 is 1.88 bits per heavy atom. The highest BCUT2D eigenvalue weighted by atomic mass is 127. The predicted molar refractivity (Wildman–Crippen MR) is 110 cm³/mol. The highest BCUT2D eigenvalue weighted by Gasteiger charge is 2.06. The van der Waals surface area contributed by atoms with Crippen LogP contribution in [0.3, 0.4) is 0 Å². The minimum Gasteiger partial charge on any atom is -0.352 e. The number of carbonyl (C=O) groups excluding carboxylic acids is 1. The van der Waals surface area contributed by atoms with Crippen molar-refractivity contribution < 1.29 is 13.6 Å². The maximum absolute atomic E-state index is 13.3. The first-order valence-electron chi connectivity index (χ1n) is 7.73. The number of guanidine groups is 1. The van der Waals surface area contributed by atoms with Crippen LogP contribution in [0, 0.1) is 18.6 Å². The van der Waals surface area contributed by atoms with Crippen LogP contribution in [0.1, 0.15) is 11.1 Å². The Morgan fingerprint density at radius 1 is 1.12 bits per heavy atom. The van der Waals surface area contributed by atoms with Crippen LogP contribution in [0.25, 0.3) is 0 Å². The highest BCUT2D eigenvalue weighted by Crippen LogP contribution is 2.09. The van der Waals surface area contributed by atoms with E-state index in [2.05, 4.69) is 20.9 Å². The number of hydrogen-bond acceptors (Lipinski definition) is 2. The lowest BCUT2D eigenvalue weighted by molar-refractivity contribution is -0.115. The van der Waals surface area contributed by atoms with Crippen LogP contribution in [0.5, 0.6) is 0 Å². The van der Waals surface area contributed by atoms with Crippen LogP contribution in [-0.4, -0.2) is 25.5 Å². The Hall–Kier alpha value is -2.23. The molecular weight excluding hydrogens is 453 g/mol. The molecular formula is C18H21F2IN4O. The van der Waals surface area contributed by atoms with Crippen LogP contribution in [-0.2, 0) is 11.3 Å². The Morgan fingerprint density at radius 3 is 2.54 bits per heavy atom. The maximum Gasteiger partial charge on any atom is 0.243 e. The lowest BCUT2D eigenvalue weighted by Crippen LogP contribution is -2.41. The summed E-state index contributed by atoms with van der Waals surface area (Å²) in [5.74, 6) is -0.569. The fraction of sp³-hybridized carbons (Fsp3) is 0.222. The van der Waals surface area contributed by atoms with Gasteiger partial charge < -0.3 is 16.0 Å². The smallest absolute Gasteiger partial charge is 0.243 e. The van der Waals surface area contributed by atoms with Crippen LogP contribution in [0.2, 0.25) is 0 Å². The SMILES string of the molecule is CN=C(NCC(=O)Nc1cccc(F)c1)NCc1ccc(F)c(C)c1.I. The van der Waals surface area contributed by atoms with Gasteiger partial charge in [-0.1, -0.05) is 18.2 Å². The Bertz CT molecular complexity index is 784. The van der Waals surface area contributed by atoms with Gasteiger partial charge in [-0.15, -0.1) is 24.0 Å². The topological polar surface area (TPSA) is 65.5 Å². The Labute approximate surface area is 168 Å². The number of benzene rings is 2. The number of aryl methyl sites for hydroxylation is 1. The van der Waals surface area contributed by atoms with Gasteiger partial charge >= 0.3 is 0 Å². The van der Waals surface area contributed by atoms with E-state index in [0.29, 0.717) is 23.8 Å². The second-order valence-electron chi connectivity index (χ2n) is 5.42. The third-order valence-electron chi connectivity index (χ3n) is 3.43. The minimum absolute atomic E-state index is 0. The fourth-order valence-electron chi connectivity index (χ4n) is 2.16. The van der Waals surface area contributed by atoms with Gasteiger partial charge in [-0.25, -0.2) is 8.78 Å². The van der Waals surface area contributed by atoms with Crippen molar-refractivity contribution in [3.05, 3.63) is 65.2 Å². The molecule has 2 aromatic carbocycles. The summed E-state index contributed by atoms with van der Waals surface area (Å²) < 4.78 is 26.3. The predicted octanol–water partition coefficient (Wildman–Crippen LogP) is 3.19. The molecule has 0 aliphatic carbocycles. The summed E-state index contributed by atoms with van der Waals surface area (Å²) in [4.78, 5) is 15.9. The first-order valence-corrected chi connectivity index (χ1v) is 7.73. The summed E-state index contributed by atoms with van der Waals surface area (Å²) in [6, 6.07) is 10.5. The summed E-state index contributed by atoms with van der Waals surface area (Å²) in [6.07, 6.45) is 0. The molecule has 0 aliphatic rings. The molecule has 0 bridgehead atoms. The van der Waals surface area contributed by atoms with Crippen molar-refractivity contribution >= 4 is 41.5 Å². The third kappa shape index (κ3) is 6.95. The van der Waals surface area contributed by atoms with E-state index in [1.165, 1.54) is 24.3 Å². The van der Waals surface area contributed by atoms with E-state index in [0.717, 1.165) is 5.56 Å². The largest absolute Gasteiger partial charge is 0.352 e. The number of amides is 1. The summed E-state index contributed by atoms with van der Waals surface area (Å²) in [7, 11) is 1.58. The van der Waals surface area contributed by atoms with Gasteiger partial charge in [0.25, 0.3) is 0 Å². The average molecular weight is 474 g/mol. The second kappa shape index (κ2) is 10.7. The zero-order valence-corrected chi connectivity index (χ0v) is 16.8. The molecule has 1 amide bonds. The molecule has 0 atom stereocenters. The molecule has 2 aromatic rings. The van der Waals surface area contributed by atoms with Crippen LogP contribution >= 0.6 is 24.0 Å². The van der Waals surface area contributed by atoms with Crippen molar-refractivity contribution in [3.8, 4) is 0 Å². The van der Waals surface area contributed by atoms with Crippen molar-refractivity contribution in [2.45, 2.75) is 13.5 Å². The molecule has 0 aliphatic heterocycles. The second-order valence-corrected chi connectivity index (χ2v) is 5.42. The van der Waals surface area contributed by atoms with Crippen LogP contribution < -0.4 is 16.0 Å². The molecule has 2 rings (SSSR count). The molecule has 3 N–H and O–H groups in total. The minimum atomic E-state index is -0.419. The molecule has 0 heterocycles. The summed E-state index contributed by atoms with van der Waals surface area (Å²) in [6.45, 7) is 2.10. The van der Waals surface area contributed by atoms with Crippen molar-refractivity contribution in [2.75, 3.05) is 18.9 Å². The van der Waals surface area contributed by atoms with Gasteiger partial charge in [0, 0.05) is 19.3 Å². The molecule has 0 fully saturated rings.